The fourth-order valence-corrected chi connectivity index (χ4v) is 2.52. The first-order valence-corrected chi connectivity index (χ1v) is 8.99. The lowest BCUT2D eigenvalue weighted by Gasteiger charge is -2.07. The van der Waals surface area contributed by atoms with Crippen LogP contribution in [0, 0.1) is 11.6 Å². The maximum Gasteiger partial charge on any atom is 0.251 e. The maximum absolute atomic E-state index is 13.8. The number of unbranched alkanes of at least 4 members (excludes halogenated alkanes) is 1. The second kappa shape index (κ2) is 9.12. The first-order chi connectivity index (χ1) is 13.6. The molecule has 0 aliphatic carbocycles. The van der Waals surface area contributed by atoms with Gasteiger partial charge in [0.2, 0.25) is 0 Å². The van der Waals surface area contributed by atoms with Crippen LogP contribution in [0.4, 0.5) is 8.78 Å². The van der Waals surface area contributed by atoms with Crippen molar-refractivity contribution in [1.82, 2.24) is 10.5 Å². The Morgan fingerprint density at radius 1 is 1.14 bits per heavy atom. The number of amides is 1. The van der Waals surface area contributed by atoms with Gasteiger partial charge in [-0.25, -0.2) is 8.78 Å². The molecular formula is C21H20F2N2O3. The quantitative estimate of drug-likeness (QED) is 0.569. The van der Waals surface area contributed by atoms with Crippen LogP contribution >= 0.6 is 0 Å². The van der Waals surface area contributed by atoms with Crippen LogP contribution < -0.4 is 10.1 Å². The molecule has 0 radical (unpaired) electrons. The van der Waals surface area contributed by atoms with Crippen molar-refractivity contribution < 1.29 is 22.8 Å². The number of ether oxygens (including phenoxy) is 1. The van der Waals surface area contributed by atoms with Crippen LogP contribution in [0.3, 0.4) is 0 Å². The van der Waals surface area contributed by atoms with E-state index in [1.165, 1.54) is 12.1 Å². The molecule has 7 heteroatoms. The van der Waals surface area contributed by atoms with Crippen LogP contribution in [0.15, 0.2) is 53.1 Å². The Bertz CT molecular complexity index is 939. The van der Waals surface area contributed by atoms with E-state index >= 15 is 0 Å². The van der Waals surface area contributed by atoms with E-state index in [4.69, 9.17) is 9.26 Å². The van der Waals surface area contributed by atoms with Gasteiger partial charge in [-0.2, -0.15) is 0 Å². The van der Waals surface area contributed by atoms with E-state index in [9.17, 15) is 13.6 Å². The SMILES string of the molecule is CCCCOc1ccc(C(=O)NCc2cc(-c3ccc(F)cc3F)on2)cc1. The molecule has 0 spiro atoms. The fraction of sp³-hybridized carbons (Fsp3) is 0.238. The Morgan fingerprint density at radius 2 is 1.93 bits per heavy atom. The second-order valence-electron chi connectivity index (χ2n) is 6.22. The zero-order valence-corrected chi connectivity index (χ0v) is 15.4. The van der Waals surface area contributed by atoms with Crippen molar-refractivity contribution in [2.24, 2.45) is 0 Å². The predicted octanol–water partition coefficient (Wildman–Crippen LogP) is 4.73. The van der Waals surface area contributed by atoms with Crippen LogP contribution in [-0.4, -0.2) is 17.7 Å². The number of benzene rings is 2. The molecule has 5 nitrogen and oxygen atoms in total. The molecule has 3 rings (SSSR count). The molecule has 0 saturated carbocycles. The number of hydrogen-bond donors (Lipinski definition) is 1. The molecule has 0 atom stereocenters. The summed E-state index contributed by atoms with van der Waals surface area (Å²) >= 11 is 0. The third kappa shape index (κ3) is 4.94. The smallest absolute Gasteiger partial charge is 0.251 e. The molecule has 0 fully saturated rings. The Balaban J connectivity index is 1.57. The highest BCUT2D eigenvalue weighted by Crippen LogP contribution is 2.24. The van der Waals surface area contributed by atoms with Gasteiger partial charge in [0.05, 0.1) is 18.7 Å². The second-order valence-corrected chi connectivity index (χ2v) is 6.22. The van der Waals surface area contributed by atoms with Crippen molar-refractivity contribution in [3.63, 3.8) is 0 Å². The highest BCUT2D eigenvalue weighted by molar-refractivity contribution is 5.94. The molecule has 2 aromatic carbocycles. The van der Waals surface area contributed by atoms with Crippen molar-refractivity contribution in [3.8, 4) is 17.1 Å². The lowest BCUT2D eigenvalue weighted by Crippen LogP contribution is -2.22. The van der Waals surface area contributed by atoms with Crippen molar-refractivity contribution in [2.45, 2.75) is 26.3 Å². The van der Waals surface area contributed by atoms with E-state index in [0.29, 0.717) is 23.6 Å². The summed E-state index contributed by atoms with van der Waals surface area (Å²) in [6, 6.07) is 11.5. The first-order valence-electron chi connectivity index (χ1n) is 8.99. The molecular weight excluding hydrogens is 366 g/mol. The lowest BCUT2D eigenvalue weighted by molar-refractivity contribution is 0.0950. The molecule has 3 aromatic rings. The third-order valence-corrected chi connectivity index (χ3v) is 4.07. The number of halogens is 2. The average molecular weight is 386 g/mol. The monoisotopic (exact) mass is 386 g/mol. The van der Waals surface area contributed by atoms with Crippen molar-refractivity contribution in [1.29, 1.82) is 0 Å². The summed E-state index contributed by atoms with van der Waals surface area (Å²) in [5, 5.41) is 6.53. The number of rotatable bonds is 8. The van der Waals surface area contributed by atoms with Gasteiger partial charge in [-0.05, 0) is 42.8 Å². The Hall–Kier alpha value is -3.22. The van der Waals surface area contributed by atoms with Crippen LogP contribution in [0.25, 0.3) is 11.3 Å². The van der Waals surface area contributed by atoms with E-state index in [0.717, 1.165) is 25.0 Å². The van der Waals surface area contributed by atoms with E-state index in [-0.39, 0.29) is 23.8 Å². The molecule has 1 amide bonds. The molecule has 0 bridgehead atoms. The van der Waals surface area contributed by atoms with Crippen LogP contribution in [0.5, 0.6) is 5.75 Å². The van der Waals surface area contributed by atoms with E-state index < -0.39 is 11.6 Å². The molecule has 146 valence electrons. The standard InChI is InChI=1S/C21H20F2N2O3/c1-2-3-10-27-17-7-4-14(5-8-17)21(26)24-13-16-12-20(28-25-16)18-9-6-15(22)11-19(18)23/h4-9,11-12H,2-3,10,13H2,1H3,(H,24,26). The average Bonchev–Trinajstić information content (AvgIpc) is 3.15. The van der Waals surface area contributed by atoms with E-state index in [1.54, 1.807) is 24.3 Å². The molecule has 0 aliphatic rings. The van der Waals surface area contributed by atoms with Gasteiger partial charge >= 0.3 is 0 Å². The fourth-order valence-electron chi connectivity index (χ4n) is 2.52. The van der Waals surface area contributed by atoms with Gasteiger partial charge in [0, 0.05) is 17.7 Å². The minimum absolute atomic E-state index is 0.102. The normalized spacial score (nSPS) is 10.7. The molecule has 28 heavy (non-hydrogen) atoms. The number of aromatic nitrogens is 1. The van der Waals surface area contributed by atoms with Gasteiger partial charge in [0.15, 0.2) is 5.76 Å². The van der Waals surface area contributed by atoms with E-state index in [1.807, 2.05) is 0 Å². The van der Waals surface area contributed by atoms with Crippen molar-refractivity contribution >= 4 is 5.91 Å². The first kappa shape index (κ1) is 19.5. The molecule has 0 unspecified atom stereocenters. The number of carbonyl (C=O) groups excluding carboxylic acids is 1. The van der Waals surface area contributed by atoms with Crippen molar-refractivity contribution in [2.75, 3.05) is 6.61 Å². The van der Waals surface area contributed by atoms with Gasteiger partial charge < -0.3 is 14.6 Å². The maximum atomic E-state index is 13.8. The summed E-state index contributed by atoms with van der Waals surface area (Å²) in [5.74, 6) is -0.816. The molecule has 1 N–H and O–H groups in total. The van der Waals surface area contributed by atoms with Gasteiger partial charge in [-0.1, -0.05) is 18.5 Å². The lowest BCUT2D eigenvalue weighted by atomic mass is 10.1. The topological polar surface area (TPSA) is 64.4 Å². The van der Waals surface area contributed by atoms with Gasteiger partial charge in [0.1, 0.15) is 23.1 Å². The summed E-state index contributed by atoms with van der Waals surface area (Å²) in [5.41, 5.74) is 1.01. The van der Waals surface area contributed by atoms with Crippen LogP contribution in [-0.2, 0) is 6.54 Å². The van der Waals surface area contributed by atoms with E-state index in [2.05, 4.69) is 17.4 Å². The Morgan fingerprint density at radius 3 is 2.64 bits per heavy atom. The van der Waals surface area contributed by atoms with Crippen molar-refractivity contribution in [3.05, 3.63) is 71.4 Å². The highest BCUT2D eigenvalue weighted by Gasteiger charge is 2.13. The van der Waals surface area contributed by atoms with Gasteiger partial charge in [-0.3, -0.25) is 4.79 Å². The summed E-state index contributed by atoms with van der Waals surface area (Å²) < 4.78 is 37.5. The highest BCUT2D eigenvalue weighted by atomic mass is 19.1. The summed E-state index contributed by atoms with van der Waals surface area (Å²) in [6.45, 7) is 2.84. The summed E-state index contributed by atoms with van der Waals surface area (Å²) in [7, 11) is 0. The number of nitrogens with zero attached hydrogens (tertiary/aromatic N) is 1. The minimum atomic E-state index is -0.743. The van der Waals surface area contributed by atoms with Crippen LogP contribution in [0.2, 0.25) is 0 Å². The molecule has 0 saturated heterocycles. The zero-order chi connectivity index (χ0) is 19.9. The summed E-state index contributed by atoms with van der Waals surface area (Å²) in [6.07, 6.45) is 2.03. The predicted molar refractivity (Wildman–Crippen MR) is 99.9 cm³/mol. The number of nitrogens with one attached hydrogen (secondary N) is 1. The largest absolute Gasteiger partial charge is 0.494 e. The third-order valence-electron chi connectivity index (χ3n) is 4.07. The Kier molecular flexibility index (Phi) is 6.37. The molecule has 1 aromatic heterocycles. The number of carbonyl (C=O) groups is 1. The summed E-state index contributed by atoms with van der Waals surface area (Å²) in [4.78, 5) is 12.2. The molecule has 0 aliphatic heterocycles. The zero-order valence-electron chi connectivity index (χ0n) is 15.4. The van der Waals surface area contributed by atoms with Gasteiger partial charge in [-0.15, -0.1) is 0 Å². The molecule has 1 heterocycles. The van der Waals surface area contributed by atoms with Gasteiger partial charge in [0.25, 0.3) is 5.91 Å². The van der Waals surface area contributed by atoms with Crippen LogP contribution in [0.1, 0.15) is 35.8 Å². The number of hydrogen-bond acceptors (Lipinski definition) is 4. The Labute approximate surface area is 161 Å². The minimum Gasteiger partial charge on any atom is -0.494 e.